The SMILES string of the molecule is [2H]C1=C([2H])C2=C(c3c([2H])c([2H])c4c([2H])c([2H])c([2H])c([2H])c4c3[2H])c3c([2H])c(-c4c([2H])c([2H])c([2H])c5c([2H])c([2H])c([2H])c([2H])c45)c([2H])c([2H])c3C(c3c([2H])cc([2H])c(-c4c([2H])c([2H])c([2H])c5c([2H])c([2H])c([2H])c([2H])c45)c3[2H])C2C([2H])=C1[2H]. The van der Waals surface area contributed by atoms with Crippen LogP contribution < -0.4 is 0 Å². The largest absolute Gasteiger partial charge is 0.0760 e. The highest BCUT2D eigenvalue weighted by Gasteiger charge is 2.36. The van der Waals surface area contributed by atoms with Crippen molar-refractivity contribution in [2.24, 2.45) is 5.92 Å². The van der Waals surface area contributed by atoms with E-state index >= 15 is 0 Å². The fourth-order valence-corrected chi connectivity index (χ4v) is 6.27. The van der Waals surface area contributed by atoms with E-state index in [2.05, 4.69) is 0 Å². The molecular formula is C50H34. The van der Waals surface area contributed by atoms with Crippen molar-refractivity contribution < 1.29 is 42.5 Å². The summed E-state index contributed by atoms with van der Waals surface area (Å²) in [5.74, 6) is -4.28. The van der Waals surface area contributed by atoms with E-state index < -0.39 is 287 Å². The molecule has 0 saturated carbocycles. The van der Waals surface area contributed by atoms with Gasteiger partial charge in [0.25, 0.3) is 0 Å². The average Bonchev–Trinajstić information content (AvgIpc) is 3.02. The molecule has 0 aromatic heterocycles. The van der Waals surface area contributed by atoms with Gasteiger partial charge < -0.3 is 0 Å². The van der Waals surface area contributed by atoms with Gasteiger partial charge in [0.05, 0.1) is 42.5 Å². The van der Waals surface area contributed by atoms with Gasteiger partial charge in [0, 0.05) is 11.8 Å². The highest BCUT2D eigenvalue weighted by molar-refractivity contribution is 6.00. The first-order valence-electron chi connectivity index (χ1n) is 30.6. The van der Waals surface area contributed by atoms with Gasteiger partial charge in [-0.1, -0.05) is 181 Å². The molecule has 0 amide bonds. The second-order valence-electron chi connectivity index (χ2n) is 11.1. The summed E-state index contributed by atoms with van der Waals surface area (Å²) in [7, 11) is 0. The smallest absolute Gasteiger partial charge is 0.0636 e. The fourth-order valence-electron chi connectivity index (χ4n) is 6.27. The van der Waals surface area contributed by atoms with Crippen LogP contribution in [0.25, 0.3) is 60.1 Å². The van der Waals surface area contributed by atoms with Gasteiger partial charge in [-0.25, -0.2) is 0 Å². The van der Waals surface area contributed by atoms with Gasteiger partial charge in [-0.15, -0.1) is 0 Å². The summed E-state index contributed by atoms with van der Waals surface area (Å²) in [6.07, 6.45) is 0. The maximum Gasteiger partial charge on any atom is 0.0636 e. The van der Waals surface area contributed by atoms with Crippen LogP contribution in [0.15, 0.2) is 199 Å². The maximum absolute atomic E-state index is 10.3. The van der Waals surface area contributed by atoms with E-state index in [9.17, 15) is 16.4 Å². The topological polar surface area (TPSA) is 0 Å². The second kappa shape index (κ2) is 11.7. The van der Waals surface area contributed by atoms with Crippen molar-refractivity contribution in [2.75, 3.05) is 0 Å². The quantitative estimate of drug-likeness (QED) is 0.175. The molecule has 0 spiro atoms. The molecule has 0 heterocycles. The molecule has 0 saturated heterocycles. The normalized spacial score (nSPS) is 26.0. The molecule has 2 aliphatic carbocycles. The van der Waals surface area contributed by atoms with Crippen LogP contribution in [-0.4, -0.2) is 0 Å². The number of rotatable bonds is 4. The van der Waals surface area contributed by atoms with E-state index in [4.69, 9.17) is 26.0 Å². The minimum atomic E-state index is -2.17. The zero-order valence-electron chi connectivity index (χ0n) is 56.2. The van der Waals surface area contributed by atoms with Gasteiger partial charge in [-0.05, 0) is 100 Å². The Morgan fingerprint density at radius 2 is 1.08 bits per heavy atom. The Hall–Kier alpha value is -6.24. The first-order valence-corrected chi connectivity index (χ1v) is 15.1. The molecule has 0 fully saturated rings. The molecule has 8 aromatic carbocycles. The van der Waals surface area contributed by atoms with E-state index in [1.165, 1.54) is 0 Å². The van der Waals surface area contributed by atoms with Crippen LogP contribution in [0.5, 0.6) is 0 Å². The molecule has 0 N–H and O–H groups in total. The molecule has 0 heteroatoms. The third-order valence-corrected chi connectivity index (χ3v) is 8.44. The number of allylic oxidation sites excluding steroid dienone is 5. The Morgan fingerprint density at radius 1 is 0.440 bits per heavy atom. The van der Waals surface area contributed by atoms with E-state index in [1.807, 2.05) is 0 Å². The molecule has 2 unspecified atom stereocenters. The summed E-state index contributed by atoms with van der Waals surface area (Å²) in [5.41, 5.74) is -7.86. The highest BCUT2D eigenvalue weighted by Crippen LogP contribution is 2.51. The van der Waals surface area contributed by atoms with Crippen LogP contribution in [0.2, 0.25) is 0 Å². The summed E-state index contributed by atoms with van der Waals surface area (Å²) in [6.45, 7) is 0. The second-order valence-corrected chi connectivity index (χ2v) is 11.1. The van der Waals surface area contributed by atoms with E-state index in [-0.39, 0.29) is 0 Å². The number of benzene rings is 8. The van der Waals surface area contributed by atoms with E-state index in [0.717, 1.165) is 6.07 Å². The Balaban J connectivity index is 1.50. The molecule has 234 valence electrons. The van der Waals surface area contributed by atoms with Crippen molar-refractivity contribution in [1.82, 2.24) is 0 Å². The van der Waals surface area contributed by atoms with Gasteiger partial charge in [0.2, 0.25) is 0 Å². The van der Waals surface area contributed by atoms with Gasteiger partial charge >= 0.3 is 0 Å². The molecule has 10 rings (SSSR count). The number of hydrogen-bond acceptors (Lipinski definition) is 0. The molecule has 0 nitrogen and oxygen atoms in total. The summed E-state index contributed by atoms with van der Waals surface area (Å²) >= 11 is 0. The van der Waals surface area contributed by atoms with Crippen molar-refractivity contribution in [1.29, 1.82) is 0 Å². The predicted molar refractivity (Wildman–Crippen MR) is 212 cm³/mol. The molecule has 50 heavy (non-hydrogen) atoms. The molecule has 8 aromatic rings. The van der Waals surface area contributed by atoms with Crippen molar-refractivity contribution in [3.05, 3.63) is 221 Å². The minimum absolute atomic E-state index is 0.606. The summed E-state index contributed by atoms with van der Waals surface area (Å²) in [4.78, 5) is 0. The van der Waals surface area contributed by atoms with Crippen LogP contribution >= 0.6 is 0 Å². The monoisotopic (exact) mass is 665 g/mol. The minimum Gasteiger partial charge on any atom is -0.0760 e. The van der Waals surface area contributed by atoms with E-state index in [0.29, 0.717) is 0 Å². The summed E-state index contributed by atoms with van der Waals surface area (Å²) < 4.78 is 283. The van der Waals surface area contributed by atoms with Crippen molar-refractivity contribution >= 4 is 37.9 Å². The maximum atomic E-state index is 10.3. The van der Waals surface area contributed by atoms with Crippen LogP contribution in [0.3, 0.4) is 0 Å². The first-order chi connectivity index (χ1) is 37.7. The zero-order valence-corrected chi connectivity index (χ0v) is 25.2. The lowest BCUT2D eigenvalue weighted by molar-refractivity contribution is 0.649. The molecule has 2 atom stereocenters. The van der Waals surface area contributed by atoms with E-state index in [1.54, 1.807) is 0 Å². The zero-order chi connectivity index (χ0) is 60.0. The fraction of sp³-hybridized carbons (Fsp3) is 0.0400. The van der Waals surface area contributed by atoms with Crippen LogP contribution in [0, 0.1) is 5.92 Å². The molecule has 2 aliphatic rings. The Bertz CT molecular complexity index is 4460. The lowest BCUT2D eigenvalue weighted by Gasteiger charge is -2.37. The van der Waals surface area contributed by atoms with Gasteiger partial charge in [-0.2, -0.15) is 0 Å². The standard InChI is InChI=1S/C50H34/c1-2-15-36-30-40(27-26-33(36)12-1)50-46-23-8-7-22-45(46)49(39-19-9-18-37(31-39)43-24-10-16-34-13-3-5-20-41(34)43)47-29-28-38(32-48(47)50)44-25-11-17-35-14-4-6-21-42(35)44/h1-32,45,49H/i1D,2D,3D,4D,5D,6D,7D,8D,10D,11D,12D,13D,14D,15D,16D,17D,18D,19D,20D,21D,22D,23D,24D,25D,26D,27D,28D,29D,30D,31D,32D. The van der Waals surface area contributed by atoms with Crippen molar-refractivity contribution in [3.8, 4) is 22.3 Å². The molecule has 0 aliphatic heterocycles. The van der Waals surface area contributed by atoms with Crippen molar-refractivity contribution in [2.45, 2.75) is 5.92 Å². The lowest BCUT2D eigenvalue weighted by Crippen LogP contribution is -2.23. The molecule has 0 radical (unpaired) electrons. The van der Waals surface area contributed by atoms with Crippen LogP contribution in [0.4, 0.5) is 0 Å². The Kier molecular flexibility index (Phi) is 2.67. The third kappa shape index (κ3) is 4.68. The summed E-state index contributed by atoms with van der Waals surface area (Å²) in [5, 5.41) is -3.95. The Labute approximate surface area is 336 Å². The Morgan fingerprint density at radius 3 is 1.84 bits per heavy atom. The van der Waals surface area contributed by atoms with Crippen LogP contribution in [0.1, 0.15) is 70.7 Å². The first kappa shape index (κ1) is 11.4. The predicted octanol–water partition coefficient (Wildman–Crippen LogP) is 13.2. The molecule has 0 bridgehead atoms. The van der Waals surface area contributed by atoms with Gasteiger partial charge in [0.15, 0.2) is 0 Å². The highest BCUT2D eigenvalue weighted by atomic mass is 14.4. The van der Waals surface area contributed by atoms with Crippen molar-refractivity contribution in [3.63, 3.8) is 0 Å². The number of hydrogen-bond donors (Lipinski definition) is 0. The molecular weight excluding hydrogens is 601 g/mol. The third-order valence-electron chi connectivity index (χ3n) is 8.44. The van der Waals surface area contributed by atoms with Gasteiger partial charge in [0.1, 0.15) is 0 Å². The van der Waals surface area contributed by atoms with Gasteiger partial charge in [-0.3, -0.25) is 0 Å². The number of fused-ring (bicyclic) bond motifs is 5. The lowest BCUT2D eigenvalue weighted by atomic mass is 9.66. The van der Waals surface area contributed by atoms with Crippen LogP contribution in [-0.2, 0) is 0 Å². The summed E-state index contributed by atoms with van der Waals surface area (Å²) in [6, 6.07) is -28.6. The average molecular weight is 666 g/mol.